The number of alkyl carbamates (subject to hydrolysis) is 1. The van der Waals surface area contributed by atoms with Crippen molar-refractivity contribution in [1.29, 1.82) is 0 Å². The standard InChI is InChI=1S/C26H34N3O8P/c1-2-15-35-38(33,36-16-12-27)37-18-24(25(31)28-13-7-14-30)29-26(32)34-17-23-21-10-5-3-8-19(21)20-9-4-6-11-22(20)23/h2-6,8-11,23-24,30H,1,7,12-18,27H2,(H,28,31)(H,29,32). The van der Waals surface area contributed by atoms with Crippen LogP contribution in [0.3, 0.4) is 0 Å². The Morgan fingerprint density at radius 1 is 1.08 bits per heavy atom. The van der Waals surface area contributed by atoms with Crippen LogP contribution in [-0.4, -0.2) is 69.3 Å². The van der Waals surface area contributed by atoms with Gasteiger partial charge in [0.15, 0.2) is 0 Å². The van der Waals surface area contributed by atoms with E-state index in [9.17, 15) is 14.2 Å². The maximum Gasteiger partial charge on any atom is 0.475 e. The second-order valence-corrected chi connectivity index (χ2v) is 10.0. The molecule has 0 fully saturated rings. The van der Waals surface area contributed by atoms with Crippen molar-refractivity contribution in [3.63, 3.8) is 0 Å². The highest BCUT2D eigenvalue weighted by atomic mass is 31.2. The van der Waals surface area contributed by atoms with Gasteiger partial charge in [0, 0.05) is 25.6 Å². The number of aliphatic hydroxyl groups is 1. The fraction of sp³-hybridized carbons (Fsp3) is 0.385. The summed E-state index contributed by atoms with van der Waals surface area (Å²) in [7, 11) is -4.09. The molecule has 1 aliphatic carbocycles. The molecule has 2 atom stereocenters. The number of nitrogens with two attached hydrogens (primary N) is 1. The van der Waals surface area contributed by atoms with E-state index in [0.29, 0.717) is 6.42 Å². The van der Waals surface area contributed by atoms with E-state index in [1.54, 1.807) is 0 Å². The zero-order valence-corrected chi connectivity index (χ0v) is 21.9. The summed E-state index contributed by atoms with van der Waals surface area (Å²) in [5.74, 6) is -0.792. The summed E-state index contributed by atoms with van der Waals surface area (Å²) in [5, 5.41) is 14.0. The summed E-state index contributed by atoms with van der Waals surface area (Å²) < 4.78 is 34.0. The zero-order chi connectivity index (χ0) is 27.4. The second-order valence-electron chi connectivity index (χ2n) is 8.34. The molecule has 0 heterocycles. The normalized spacial score (nSPS) is 14.6. The first kappa shape index (κ1) is 29.5. The van der Waals surface area contributed by atoms with Crippen LogP contribution < -0.4 is 16.4 Å². The minimum atomic E-state index is -4.09. The molecule has 5 N–H and O–H groups in total. The molecule has 0 radical (unpaired) electrons. The van der Waals surface area contributed by atoms with E-state index < -0.39 is 32.5 Å². The third-order valence-electron chi connectivity index (χ3n) is 5.70. The molecular formula is C26H34N3O8P. The van der Waals surface area contributed by atoms with Crippen molar-refractivity contribution in [2.24, 2.45) is 5.73 Å². The molecule has 2 aromatic rings. The molecule has 2 amide bonds. The predicted molar refractivity (Wildman–Crippen MR) is 141 cm³/mol. The van der Waals surface area contributed by atoms with Gasteiger partial charge in [-0.15, -0.1) is 6.58 Å². The lowest BCUT2D eigenvalue weighted by Crippen LogP contribution is -2.49. The van der Waals surface area contributed by atoms with Crippen LogP contribution >= 0.6 is 7.82 Å². The predicted octanol–water partition coefficient (Wildman–Crippen LogP) is 2.69. The first-order valence-corrected chi connectivity index (χ1v) is 13.7. The fourth-order valence-electron chi connectivity index (χ4n) is 3.97. The van der Waals surface area contributed by atoms with Crippen LogP contribution in [0.1, 0.15) is 23.5 Å². The Hall–Kier alpha value is -3.05. The van der Waals surface area contributed by atoms with Gasteiger partial charge in [0.05, 0.1) is 19.8 Å². The number of nitrogens with one attached hydrogen (secondary N) is 2. The number of aliphatic hydroxyl groups excluding tert-OH is 1. The number of hydrogen-bond donors (Lipinski definition) is 4. The number of benzene rings is 2. The third-order valence-corrected chi connectivity index (χ3v) is 7.13. The highest BCUT2D eigenvalue weighted by molar-refractivity contribution is 7.48. The highest BCUT2D eigenvalue weighted by Crippen LogP contribution is 2.49. The van der Waals surface area contributed by atoms with Crippen molar-refractivity contribution in [2.75, 3.05) is 46.1 Å². The first-order valence-electron chi connectivity index (χ1n) is 12.3. The van der Waals surface area contributed by atoms with Crippen LogP contribution in [0.2, 0.25) is 0 Å². The number of phosphoric acid groups is 1. The van der Waals surface area contributed by atoms with Crippen molar-refractivity contribution in [2.45, 2.75) is 18.4 Å². The van der Waals surface area contributed by atoms with Crippen molar-refractivity contribution < 1.29 is 37.6 Å². The van der Waals surface area contributed by atoms with Crippen LogP contribution in [0.25, 0.3) is 11.1 Å². The Kier molecular flexibility index (Phi) is 11.5. The van der Waals surface area contributed by atoms with E-state index in [0.717, 1.165) is 22.3 Å². The lowest BCUT2D eigenvalue weighted by molar-refractivity contribution is -0.123. The van der Waals surface area contributed by atoms with Gasteiger partial charge in [-0.3, -0.25) is 18.4 Å². The minimum Gasteiger partial charge on any atom is -0.449 e. The Balaban J connectivity index is 1.66. The Morgan fingerprint density at radius 2 is 1.74 bits per heavy atom. The third kappa shape index (κ3) is 7.97. The van der Waals surface area contributed by atoms with E-state index >= 15 is 0 Å². The van der Waals surface area contributed by atoms with E-state index in [-0.39, 0.29) is 45.4 Å². The largest absolute Gasteiger partial charge is 0.475 e. The maximum absolute atomic E-state index is 12.9. The highest BCUT2D eigenvalue weighted by Gasteiger charge is 2.32. The monoisotopic (exact) mass is 547 g/mol. The number of fused-ring (bicyclic) bond motifs is 3. The lowest BCUT2D eigenvalue weighted by atomic mass is 9.98. The summed E-state index contributed by atoms with van der Waals surface area (Å²) in [6, 6.07) is 14.5. The number of hydrogen-bond acceptors (Lipinski definition) is 9. The molecular weight excluding hydrogens is 513 g/mol. The average molecular weight is 548 g/mol. The van der Waals surface area contributed by atoms with E-state index in [1.807, 2.05) is 48.5 Å². The molecule has 2 aromatic carbocycles. The fourth-order valence-corrected chi connectivity index (χ4v) is 5.14. The van der Waals surface area contributed by atoms with Crippen molar-refractivity contribution >= 4 is 19.8 Å². The van der Waals surface area contributed by atoms with Gasteiger partial charge in [-0.1, -0.05) is 54.6 Å². The van der Waals surface area contributed by atoms with E-state index in [4.69, 9.17) is 29.1 Å². The number of rotatable bonds is 16. The van der Waals surface area contributed by atoms with E-state index in [1.165, 1.54) is 6.08 Å². The molecule has 1 aliphatic rings. The lowest BCUT2D eigenvalue weighted by Gasteiger charge is -2.22. The second kappa shape index (κ2) is 14.8. The van der Waals surface area contributed by atoms with Crippen LogP contribution in [0.15, 0.2) is 61.2 Å². The van der Waals surface area contributed by atoms with Crippen LogP contribution in [0, 0.1) is 0 Å². The minimum absolute atomic E-state index is 0.0418. The Morgan fingerprint density at radius 3 is 2.34 bits per heavy atom. The van der Waals surface area contributed by atoms with Crippen molar-refractivity contribution in [3.8, 4) is 11.1 Å². The molecule has 0 spiro atoms. The molecule has 0 saturated heterocycles. The SMILES string of the molecule is C=CCOP(=O)(OCCN)OCC(NC(=O)OCC1c2ccccc2-c2ccccc21)C(=O)NCCCO. The molecule has 0 saturated carbocycles. The number of amides is 2. The molecule has 12 heteroatoms. The summed E-state index contributed by atoms with van der Waals surface area (Å²) in [6.45, 7) is 2.86. The van der Waals surface area contributed by atoms with E-state index in [2.05, 4.69) is 17.2 Å². The molecule has 0 bridgehead atoms. The zero-order valence-electron chi connectivity index (χ0n) is 21.0. The first-order chi connectivity index (χ1) is 18.4. The summed E-state index contributed by atoms with van der Waals surface area (Å²) >= 11 is 0. The van der Waals surface area contributed by atoms with Crippen molar-refractivity contribution in [3.05, 3.63) is 72.3 Å². The van der Waals surface area contributed by atoms with Gasteiger partial charge >= 0.3 is 13.9 Å². The number of ether oxygens (including phenoxy) is 1. The molecule has 206 valence electrons. The van der Waals surface area contributed by atoms with Crippen LogP contribution in [0.5, 0.6) is 0 Å². The number of carbonyl (C=O) groups excluding carboxylic acids is 2. The Bertz CT molecular complexity index is 1100. The van der Waals surface area contributed by atoms with Gasteiger partial charge in [-0.25, -0.2) is 9.36 Å². The molecule has 3 rings (SSSR count). The molecule has 0 aliphatic heterocycles. The Labute approximate surface area is 221 Å². The van der Waals surface area contributed by atoms with Gasteiger partial charge < -0.3 is 26.2 Å². The van der Waals surface area contributed by atoms with Crippen LogP contribution in [-0.2, 0) is 27.7 Å². The topological polar surface area (TPSA) is 158 Å². The molecule has 38 heavy (non-hydrogen) atoms. The summed E-state index contributed by atoms with van der Waals surface area (Å²) in [5.41, 5.74) is 9.66. The quantitative estimate of drug-likeness (QED) is 0.141. The van der Waals surface area contributed by atoms with Gasteiger partial charge in [-0.05, 0) is 28.7 Å². The molecule has 11 nitrogen and oxygen atoms in total. The molecule has 2 unspecified atom stereocenters. The van der Waals surface area contributed by atoms with Gasteiger partial charge in [0.2, 0.25) is 5.91 Å². The average Bonchev–Trinajstić information content (AvgIpc) is 3.25. The van der Waals surface area contributed by atoms with Gasteiger partial charge in [0.25, 0.3) is 0 Å². The van der Waals surface area contributed by atoms with Gasteiger partial charge in [0.1, 0.15) is 12.6 Å². The van der Waals surface area contributed by atoms with Gasteiger partial charge in [-0.2, -0.15) is 0 Å². The summed E-state index contributed by atoms with van der Waals surface area (Å²) in [6.07, 6.45) is 0.808. The smallest absolute Gasteiger partial charge is 0.449 e. The van der Waals surface area contributed by atoms with Crippen LogP contribution in [0.4, 0.5) is 4.79 Å². The molecule has 0 aromatic heterocycles. The maximum atomic E-state index is 12.9. The number of phosphoric ester groups is 1. The summed E-state index contributed by atoms with van der Waals surface area (Å²) in [4.78, 5) is 25.5. The van der Waals surface area contributed by atoms with Crippen molar-refractivity contribution in [1.82, 2.24) is 10.6 Å². The number of carbonyl (C=O) groups is 2.